The van der Waals surface area contributed by atoms with E-state index in [9.17, 15) is 0 Å². The fourth-order valence-corrected chi connectivity index (χ4v) is 2.41. The summed E-state index contributed by atoms with van der Waals surface area (Å²) in [5.74, 6) is 3.20. The fraction of sp³-hybridized carbons (Fsp3) is 0.545. The van der Waals surface area contributed by atoms with E-state index >= 15 is 0 Å². The van der Waals surface area contributed by atoms with Gasteiger partial charge in [0.05, 0.1) is 7.11 Å². The quantitative estimate of drug-likeness (QED) is 0.763. The van der Waals surface area contributed by atoms with E-state index in [1.165, 1.54) is 0 Å². The molecule has 1 aliphatic carbocycles. The first kappa shape index (κ1) is 8.97. The highest BCUT2D eigenvalue weighted by Gasteiger charge is 2.53. The number of hydrogen-bond donors (Lipinski definition) is 2. The zero-order chi connectivity index (χ0) is 10.3. The lowest BCUT2D eigenvalue weighted by atomic mass is 10.4. The van der Waals surface area contributed by atoms with Crippen LogP contribution in [0.4, 0.5) is 5.82 Å². The van der Waals surface area contributed by atoms with Crippen LogP contribution >= 0.6 is 0 Å². The van der Waals surface area contributed by atoms with Crippen molar-refractivity contribution in [3.63, 3.8) is 0 Å². The van der Waals surface area contributed by atoms with E-state index in [-0.39, 0.29) is 0 Å². The normalized spacial score (nSPS) is 32.2. The summed E-state index contributed by atoms with van der Waals surface area (Å²) in [6.07, 6.45) is 0. The molecule has 2 aliphatic rings. The SMILES string of the molecule is COc1cccc(NC2C3CNCC32)n1. The Labute approximate surface area is 89.0 Å². The summed E-state index contributed by atoms with van der Waals surface area (Å²) >= 11 is 0. The molecule has 0 amide bonds. The third-order valence-corrected chi connectivity index (χ3v) is 3.34. The molecule has 1 saturated carbocycles. The van der Waals surface area contributed by atoms with Gasteiger partial charge in [-0.05, 0) is 17.9 Å². The van der Waals surface area contributed by atoms with Crippen LogP contribution in [0.3, 0.4) is 0 Å². The second kappa shape index (κ2) is 3.38. The first-order valence-corrected chi connectivity index (χ1v) is 5.37. The number of nitrogens with zero attached hydrogens (tertiary/aromatic N) is 1. The molecule has 3 rings (SSSR count). The Morgan fingerprint density at radius 2 is 2.20 bits per heavy atom. The zero-order valence-corrected chi connectivity index (χ0v) is 8.73. The Hall–Kier alpha value is -1.29. The number of nitrogens with one attached hydrogen (secondary N) is 2. The molecule has 4 nitrogen and oxygen atoms in total. The van der Waals surface area contributed by atoms with Crippen LogP contribution in [-0.4, -0.2) is 31.2 Å². The first-order chi connectivity index (χ1) is 7.38. The molecule has 1 aromatic heterocycles. The molecular weight excluding hydrogens is 190 g/mol. The summed E-state index contributed by atoms with van der Waals surface area (Å²) in [7, 11) is 1.64. The summed E-state index contributed by atoms with van der Waals surface area (Å²) in [5.41, 5.74) is 0. The smallest absolute Gasteiger partial charge is 0.214 e. The highest BCUT2D eigenvalue weighted by Crippen LogP contribution is 2.43. The second-order valence-corrected chi connectivity index (χ2v) is 4.22. The van der Waals surface area contributed by atoms with E-state index in [0.717, 1.165) is 30.7 Å². The van der Waals surface area contributed by atoms with Gasteiger partial charge in [0, 0.05) is 25.2 Å². The molecule has 2 unspecified atom stereocenters. The van der Waals surface area contributed by atoms with E-state index in [1.807, 2.05) is 18.2 Å². The second-order valence-electron chi connectivity index (χ2n) is 4.22. The van der Waals surface area contributed by atoms with Crippen molar-refractivity contribution in [3.8, 4) is 5.88 Å². The molecule has 2 atom stereocenters. The third-order valence-electron chi connectivity index (χ3n) is 3.34. The molecule has 80 valence electrons. The van der Waals surface area contributed by atoms with Crippen molar-refractivity contribution in [3.05, 3.63) is 18.2 Å². The minimum Gasteiger partial charge on any atom is -0.481 e. The molecular formula is C11H15N3O. The van der Waals surface area contributed by atoms with Crippen LogP contribution in [0.15, 0.2) is 18.2 Å². The average Bonchev–Trinajstić information content (AvgIpc) is 2.75. The molecule has 2 heterocycles. The largest absolute Gasteiger partial charge is 0.481 e. The van der Waals surface area contributed by atoms with Gasteiger partial charge in [-0.1, -0.05) is 6.07 Å². The van der Waals surface area contributed by atoms with Gasteiger partial charge >= 0.3 is 0 Å². The van der Waals surface area contributed by atoms with Crippen molar-refractivity contribution < 1.29 is 4.74 Å². The van der Waals surface area contributed by atoms with Crippen molar-refractivity contribution in [1.82, 2.24) is 10.3 Å². The Balaban J connectivity index is 1.67. The van der Waals surface area contributed by atoms with E-state index in [1.54, 1.807) is 7.11 Å². The number of rotatable bonds is 3. The summed E-state index contributed by atoms with van der Waals surface area (Å²) in [5, 5.41) is 6.84. The van der Waals surface area contributed by atoms with Gasteiger partial charge in [0.15, 0.2) is 0 Å². The predicted molar refractivity (Wildman–Crippen MR) is 58.0 cm³/mol. The number of fused-ring (bicyclic) bond motifs is 1. The van der Waals surface area contributed by atoms with Crippen LogP contribution in [0.25, 0.3) is 0 Å². The Bertz CT molecular complexity index is 359. The van der Waals surface area contributed by atoms with Crippen molar-refractivity contribution in [2.75, 3.05) is 25.5 Å². The fourth-order valence-electron chi connectivity index (χ4n) is 2.41. The van der Waals surface area contributed by atoms with Gasteiger partial charge in [-0.2, -0.15) is 4.98 Å². The summed E-state index contributed by atoms with van der Waals surface area (Å²) in [4.78, 5) is 4.34. The molecule has 1 aliphatic heterocycles. The van der Waals surface area contributed by atoms with Crippen molar-refractivity contribution in [2.45, 2.75) is 6.04 Å². The van der Waals surface area contributed by atoms with Crippen LogP contribution in [0.5, 0.6) is 5.88 Å². The first-order valence-electron chi connectivity index (χ1n) is 5.37. The summed E-state index contributed by atoms with van der Waals surface area (Å²) < 4.78 is 5.09. The molecule has 0 radical (unpaired) electrons. The van der Waals surface area contributed by atoms with Gasteiger partial charge in [-0.25, -0.2) is 0 Å². The minimum absolute atomic E-state index is 0.617. The van der Waals surface area contributed by atoms with Crippen LogP contribution in [0.1, 0.15) is 0 Å². The Morgan fingerprint density at radius 1 is 1.40 bits per heavy atom. The molecule has 2 fully saturated rings. The van der Waals surface area contributed by atoms with Gasteiger partial charge < -0.3 is 15.4 Å². The maximum atomic E-state index is 5.09. The molecule has 0 spiro atoms. The summed E-state index contributed by atoms with van der Waals surface area (Å²) in [6.45, 7) is 2.29. The minimum atomic E-state index is 0.617. The molecule has 0 aromatic carbocycles. The summed E-state index contributed by atoms with van der Waals surface area (Å²) in [6, 6.07) is 6.43. The van der Waals surface area contributed by atoms with Gasteiger partial charge in [0.25, 0.3) is 0 Å². The maximum absolute atomic E-state index is 5.09. The van der Waals surface area contributed by atoms with Crippen molar-refractivity contribution in [2.24, 2.45) is 11.8 Å². The van der Waals surface area contributed by atoms with Crippen LogP contribution in [-0.2, 0) is 0 Å². The molecule has 1 saturated heterocycles. The number of anilines is 1. The molecule has 1 aromatic rings. The average molecular weight is 205 g/mol. The van der Waals surface area contributed by atoms with Crippen molar-refractivity contribution >= 4 is 5.82 Å². The Kier molecular flexibility index (Phi) is 2.02. The zero-order valence-electron chi connectivity index (χ0n) is 8.73. The number of methoxy groups -OCH3 is 1. The van der Waals surface area contributed by atoms with Crippen LogP contribution in [0, 0.1) is 11.8 Å². The lowest BCUT2D eigenvalue weighted by Gasteiger charge is -2.08. The van der Waals surface area contributed by atoms with Gasteiger partial charge in [-0.3, -0.25) is 0 Å². The third kappa shape index (κ3) is 1.55. The van der Waals surface area contributed by atoms with E-state index in [0.29, 0.717) is 11.9 Å². The van der Waals surface area contributed by atoms with E-state index < -0.39 is 0 Å². The van der Waals surface area contributed by atoms with Gasteiger partial charge in [-0.15, -0.1) is 0 Å². The lowest BCUT2D eigenvalue weighted by molar-refractivity contribution is 0.398. The number of piperidine rings is 1. The van der Waals surface area contributed by atoms with Gasteiger partial charge in [0.1, 0.15) is 5.82 Å². The predicted octanol–water partition coefficient (Wildman–Crippen LogP) is 0.720. The number of pyridine rings is 1. The molecule has 15 heavy (non-hydrogen) atoms. The highest BCUT2D eigenvalue weighted by molar-refractivity contribution is 5.41. The molecule has 2 N–H and O–H groups in total. The van der Waals surface area contributed by atoms with Gasteiger partial charge in [0.2, 0.25) is 5.88 Å². The Morgan fingerprint density at radius 3 is 2.93 bits per heavy atom. The number of hydrogen-bond acceptors (Lipinski definition) is 4. The maximum Gasteiger partial charge on any atom is 0.214 e. The van der Waals surface area contributed by atoms with E-state index in [2.05, 4.69) is 15.6 Å². The topological polar surface area (TPSA) is 46.2 Å². The van der Waals surface area contributed by atoms with Crippen LogP contribution in [0.2, 0.25) is 0 Å². The highest BCUT2D eigenvalue weighted by atomic mass is 16.5. The van der Waals surface area contributed by atoms with Crippen molar-refractivity contribution in [1.29, 1.82) is 0 Å². The number of aromatic nitrogens is 1. The lowest BCUT2D eigenvalue weighted by Crippen LogP contribution is -2.21. The monoisotopic (exact) mass is 205 g/mol. The number of ether oxygens (including phenoxy) is 1. The standard InChI is InChI=1S/C11H15N3O/c1-15-10-4-2-3-9(13-10)14-11-7-5-12-6-8(7)11/h2-4,7-8,11-12H,5-6H2,1H3,(H,13,14). The van der Waals surface area contributed by atoms with E-state index in [4.69, 9.17) is 4.74 Å². The van der Waals surface area contributed by atoms with Crippen LogP contribution < -0.4 is 15.4 Å². The molecule has 0 bridgehead atoms. The molecule has 4 heteroatoms.